The topological polar surface area (TPSA) is 118 Å². The molecule has 1 fully saturated rings. The van der Waals surface area contributed by atoms with Gasteiger partial charge in [-0.2, -0.15) is 0 Å². The number of sulfonamides is 1. The van der Waals surface area contributed by atoms with E-state index in [9.17, 15) is 18.0 Å². The normalized spacial score (nSPS) is 18.5. The highest BCUT2D eigenvalue weighted by Crippen LogP contribution is 2.23. The number of aryl methyl sites for hydroxylation is 1. The third kappa shape index (κ3) is 3.12. The molecule has 1 aliphatic rings. The first kappa shape index (κ1) is 16.4. The van der Waals surface area contributed by atoms with E-state index in [1.165, 1.54) is 11.0 Å². The standard InChI is InChI=1S/C14H18N2O5S/c1-8-5-11(6-12(9(8)2)22(15,20)21)13(17)16-4-3-10(7-16)14(18)19/h5-6,10H,3-4,7H2,1-2H3,(H,18,19)(H2,15,20,21)/t10-/m1/s1. The van der Waals surface area contributed by atoms with E-state index < -0.39 is 21.9 Å². The molecule has 120 valence electrons. The van der Waals surface area contributed by atoms with Gasteiger partial charge in [0.15, 0.2) is 0 Å². The number of rotatable bonds is 3. The van der Waals surface area contributed by atoms with Crippen LogP contribution in [0.15, 0.2) is 17.0 Å². The molecule has 0 aromatic heterocycles. The van der Waals surface area contributed by atoms with E-state index in [0.717, 1.165) is 0 Å². The quantitative estimate of drug-likeness (QED) is 0.838. The predicted octanol–water partition coefficient (Wildman–Crippen LogP) is 0.498. The summed E-state index contributed by atoms with van der Waals surface area (Å²) in [5.74, 6) is -1.88. The first-order valence-electron chi connectivity index (χ1n) is 6.77. The van der Waals surface area contributed by atoms with Crippen LogP contribution in [-0.2, 0) is 14.8 Å². The van der Waals surface area contributed by atoms with Crippen LogP contribution in [0.25, 0.3) is 0 Å². The first-order chi connectivity index (χ1) is 10.1. The van der Waals surface area contributed by atoms with Gasteiger partial charge in [-0.1, -0.05) is 0 Å². The molecule has 0 bridgehead atoms. The second-order valence-corrected chi connectivity index (χ2v) is 7.07. The number of carboxylic acid groups (broad SMARTS) is 1. The Kier molecular flexibility index (Phi) is 4.25. The van der Waals surface area contributed by atoms with E-state index in [-0.39, 0.29) is 22.9 Å². The number of benzene rings is 1. The molecule has 7 nitrogen and oxygen atoms in total. The van der Waals surface area contributed by atoms with Crippen molar-refractivity contribution in [2.45, 2.75) is 25.2 Å². The van der Waals surface area contributed by atoms with Crippen LogP contribution in [0.3, 0.4) is 0 Å². The summed E-state index contributed by atoms with van der Waals surface area (Å²) in [6, 6.07) is 2.86. The van der Waals surface area contributed by atoms with Crippen molar-refractivity contribution < 1.29 is 23.1 Å². The average molecular weight is 326 g/mol. The number of nitrogens with zero attached hydrogens (tertiary/aromatic N) is 1. The van der Waals surface area contributed by atoms with E-state index in [1.807, 2.05) is 0 Å². The molecule has 0 unspecified atom stereocenters. The van der Waals surface area contributed by atoms with E-state index >= 15 is 0 Å². The lowest BCUT2D eigenvalue weighted by Gasteiger charge is -2.17. The second kappa shape index (κ2) is 5.69. The van der Waals surface area contributed by atoms with Gasteiger partial charge in [0.05, 0.1) is 10.8 Å². The Bertz CT molecular complexity index is 742. The zero-order chi connectivity index (χ0) is 16.7. The van der Waals surface area contributed by atoms with Crippen LogP contribution in [0.2, 0.25) is 0 Å². The Morgan fingerprint density at radius 2 is 1.95 bits per heavy atom. The second-order valence-electron chi connectivity index (χ2n) is 5.54. The monoisotopic (exact) mass is 326 g/mol. The van der Waals surface area contributed by atoms with Crippen LogP contribution in [-0.4, -0.2) is 43.4 Å². The lowest BCUT2D eigenvalue weighted by atomic mass is 10.1. The average Bonchev–Trinajstić information content (AvgIpc) is 2.89. The van der Waals surface area contributed by atoms with E-state index in [2.05, 4.69) is 0 Å². The van der Waals surface area contributed by atoms with Crippen LogP contribution >= 0.6 is 0 Å². The van der Waals surface area contributed by atoms with Crippen molar-refractivity contribution in [2.75, 3.05) is 13.1 Å². The Hall–Kier alpha value is -1.93. The molecule has 0 radical (unpaired) electrons. The maximum atomic E-state index is 12.5. The zero-order valence-corrected chi connectivity index (χ0v) is 13.2. The molecule has 1 aromatic carbocycles. The molecule has 8 heteroatoms. The van der Waals surface area contributed by atoms with Crippen LogP contribution in [0.5, 0.6) is 0 Å². The molecule has 0 spiro atoms. The molecule has 0 saturated carbocycles. The molecule has 1 aliphatic heterocycles. The van der Waals surface area contributed by atoms with Gasteiger partial charge in [0.2, 0.25) is 10.0 Å². The smallest absolute Gasteiger partial charge is 0.308 e. The Labute approximate surface area is 128 Å². The fraction of sp³-hybridized carbons (Fsp3) is 0.429. The Morgan fingerprint density at radius 3 is 2.45 bits per heavy atom. The number of hydrogen-bond donors (Lipinski definition) is 2. The van der Waals surface area contributed by atoms with Crippen molar-refractivity contribution in [1.82, 2.24) is 4.90 Å². The number of primary sulfonamides is 1. The molecular weight excluding hydrogens is 308 g/mol. The minimum Gasteiger partial charge on any atom is -0.481 e. The molecule has 1 saturated heterocycles. The highest BCUT2D eigenvalue weighted by Gasteiger charge is 2.31. The van der Waals surface area contributed by atoms with Crippen molar-refractivity contribution in [3.63, 3.8) is 0 Å². The van der Waals surface area contributed by atoms with Crippen molar-refractivity contribution in [3.05, 3.63) is 28.8 Å². The van der Waals surface area contributed by atoms with Gasteiger partial charge in [0.1, 0.15) is 0 Å². The van der Waals surface area contributed by atoms with Gasteiger partial charge in [-0.15, -0.1) is 0 Å². The summed E-state index contributed by atoms with van der Waals surface area (Å²) in [6.07, 6.45) is 0.397. The van der Waals surface area contributed by atoms with Gasteiger partial charge in [-0.05, 0) is 43.5 Å². The molecule has 0 aliphatic carbocycles. The minimum atomic E-state index is -3.92. The predicted molar refractivity (Wildman–Crippen MR) is 78.9 cm³/mol. The number of nitrogens with two attached hydrogens (primary N) is 1. The van der Waals surface area contributed by atoms with Crippen molar-refractivity contribution in [2.24, 2.45) is 11.1 Å². The molecule has 1 atom stereocenters. The third-order valence-corrected chi connectivity index (χ3v) is 5.03. The lowest BCUT2D eigenvalue weighted by molar-refractivity contribution is -0.141. The highest BCUT2D eigenvalue weighted by atomic mass is 32.2. The maximum Gasteiger partial charge on any atom is 0.308 e. The van der Waals surface area contributed by atoms with Gasteiger partial charge >= 0.3 is 5.97 Å². The van der Waals surface area contributed by atoms with Crippen molar-refractivity contribution >= 4 is 21.9 Å². The number of carbonyl (C=O) groups excluding carboxylic acids is 1. The number of likely N-dealkylation sites (tertiary alicyclic amines) is 1. The van der Waals surface area contributed by atoms with Crippen LogP contribution in [0.1, 0.15) is 27.9 Å². The number of amides is 1. The summed E-state index contributed by atoms with van der Waals surface area (Å²) >= 11 is 0. The van der Waals surface area contributed by atoms with Gasteiger partial charge in [0.25, 0.3) is 5.91 Å². The van der Waals surface area contributed by atoms with Crippen LogP contribution < -0.4 is 5.14 Å². The maximum absolute atomic E-state index is 12.5. The fourth-order valence-corrected chi connectivity index (χ4v) is 3.45. The molecule has 22 heavy (non-hydrogen) atoms. The van der Waals surface area contributed by atoms with Crippen LogP contribution in [0.4, 0.5) is 0 Å². The minimum absolute atomic E-state index is 0.0789. The van der Waals surface area contributed by atoms with Gasteiger partial charge in [-0.25, -0.2) is 13.6 Å². The summed E-state index contributed by atoms with van der Waals surface area (Å²) in [7, 11) is -3.92. The summed E-state index contributed by atoms with van der Waals surface area (Å²) < 4.78 is 23.2. The fourth-order valence-electron chi connectivity index (χ4n) is 2.57. The molecule has 2 rings (SSSR count). The van der Waals surface area contributed by atoms with E-state index in [0.29, 0.717) is 24.1 Å². The summed E-state index contributed by atoms with van der Waals surface area (Å²) in [4.78, 5) is 24.8. The highest BCUT2D eigenvalue weighted by molar-refractivity contribution is 7.89. The van der Waals surface area contributed by atoms with Crippen molar-refractivity contribution in [3.8, 4) is 0 Å². The van der Waals surface area contributed by atoms with E-state index in [1.54, 1.807) is 19.9 Å². The van der Waals surface area contributed by atoms with Gasteiger partial charge in [0, 0.05) is 18.7 Å². The summed E-state index contributed by atoms with van der Waals surface area (Å²) in [5, 5.41) is 14.2. The lowest BCUT2D eigenvalue weighted by Crippen LogP contribution is -2.30. The number of carboxylic acids is 1. The molecule has 3 N–H and O–H groups in total. The Morgan fingerprint density at radius 1 is 1.32 bits per heavy atom. The largest absolute Gasteiger partial charge is 0.481 e. The van der Waals surface area contributed by atoms with Gasteiger partial charge in [-0.3, -0.25) is 9.59 Å². The van der Waals surface area contributed by atoms with E-state index in [4.69, 9.17) is 10.2 Å². The molecule has 1 aromatic rings. The zero-order valence-electron chi connectivity index (χ0n) is 12.4. The third-order valence-electron chi connectivity index (χ3n) is 4.00. The molecular formula is C14H18N2O5S. The van der Waals surface area contributed by atoms with Crippen LogP contribution in [0, 0.1) is 19.8 Å². The Balaban J connectivity index is 2.36. The first-order valence-corrected chi connectivity index (χ1v) is 8.32. The van der Waals surface area contributed by atoms with Gasteiger partial charge < -0.3 is 10.0 Å². The SMILES string of the molecule is Cc1cc(C(=O)N2CC[C@@H](C(=O)O)C2)cc(S(N)(=O)=O)c1C. The molecule has 1 amide bonds. The molecule has 1 heterocycles. The summed E-state index contributed by atoms with van der Waals surface area (Å²) in [5.41, 5.74) is 1.35. The number of aliphatic carboxylic acids is 1. The van der Waals surface area contributed by atoms with Crippen molar-refractivity contribution in [1.29, 1.82) is 0 Å². The number of carbonyl (C=O) groups is 2. The number of hydrogen-bond acceptors (Lipinski definition) is 4. The summed E-state index contributed by atoms with van der Waals surface area (Å²) in [6.45, 7) is 3.80.